The van der Waals surface area contributed by atoms with E-state index in [2.05, 4.69) is 19.2 Å². The number of hydrogen-bond donors (Lipinski definition) is 1. The lowest BCUT2D eigenvalue weighted by molar-refractivity contribution is -0.132. The first kappa shape index (κ1) is 19.0. The van der Waals surface area contributed by atoms with E-state index in [-0.39, 0.29) is 11.9 Å². The molecule has 5 nitrogen and oxygen atoms in total. The summed E-state index contributed by atoms with van der Waals surface area (Å²) in [6, 6.07) is 5.41. The zero-order valence-electron chi connectivity index (χ0n) is 15.4. The summed E-state index contributed by atoms with van der Waals surface area (Å²) in [6.45, 7) is 5.89. The number of carbonyl (C=O) groups excluding carboxylic acids is 2. The Morgan fingerprint density at radius 1 is 1.20 bits per heavy atom. The van der Waals surface area contributed by atoms with Gasteiger partial charge < -0.3 is 14.8 Å². The third kappa shape index (κ3) is 5.93. The Morgan fingerprint density at radius 3 is 2.48 bits per heavy atom. The summed E-state index contributed by atoms with van der Waals surface area (Å²) in [4.78, 5) is 23.2. The minimum atomic E-state index is -0.406. The van der Waals surface area contributed by atoms with Crippen LogP contribution in [0.1, 0.15) is 52.0 Å². The highest BCUT2D eigenvalue weighted by Gasteiger charge is 2.27. The van der Waals surface area contributed by atoms with E-state index in [4.69, 9.17) is 9.47 Å². The quantitative estimate of drug-likeness (QED) is 0.502. The maximum Gasteiger partial charge on any atom is 0.308 e. The molecular formula is C20H27NO4. The van der Waals surface area contributed by atoms with Crippen molar-refractivity contribution in [2.24, 2.45) is 5.41 Å². The predicted molar refractivity (Wildman–Crippen MR) is 97.5 cm³/mol. The van der Waals surface area contributed by atoms with Gasteiger partial charge in [0.25, 0.3) is 0 Å². The fourth-order valence-corrected chi connectivity index (χ4v) is 2.99. The highest BCUT2D eigenvalue weighted by atomic mass is 16.6. The van der Waals surface area contributed by atoms with Crippen LogP contribution >= 0.6 is 0 Å². The van der Waals surface area contributed by atoms with Crippen molar-refractivity contribution in [2.75, 3.05) is 7.11 Å². The van der Waals surface area contributed by atoms with Crippen LogP contribution in [0.15, 0.2) is 24.3 Å². The first-order valence-electron chi connectivity index (χ1n) is 8.64. The van der Waals surface area contributed by atoms with Crippen LogP contribution in [-0.4, -0.2) is 25.0 Å². The summed E-state index contributed by atoms with van der Waals surface area (Å²) in [5.41, 5.74) is 1.18. The standard InChI is InChI=1S/C20H27NO4/c1-14(22)25-17-7-5-15(13-18(17)24-4)6-8-19(23)21-16-9-11-20(2,3)12-10-16/h5-8,13,16H,9-12H2,1-4H3,(H,21,23)/b8-6+. The second-order valence-corrected chi connectivity index (χ2v) is 7.28. The van der Waals surface area contributed by atoms with E-state index in [9.17, 15) is 9.59 Å². The largest absolute Gasteiger partial charge is 0.493 e. The van der Waals surface area contributed by atoms with Crippen LogP contribution in [0, 0.1) is 5.41 Å². The molecule has 1 aromatic carbocycles. The molecule has 2 rings (SSSR count). The fourth-order valence-electron chi connectivity index (χ4n) is 2.99. The van der Waals surface area contributed by atoms with Gasteiger partial charge in [0.1, 0.15) is 0 Å². The molecule has 1 aliphatic carbocycles. The first-order chi connectivity index (χ1) is 11.8. The number of rotatable bonds is 5. The molecule has 25 heavy (non-hydrogen) atoms. The van der Waals surface area contributed by atoms with Crippen LogP contribution in [0.5, 0.6) is 11.5 Å². The molecule has 0 aromatic heterocycles. The summed E-state index contributed by atoms with van der Waals surface area (Å²) in [5, 5.41) is 3.07. The molecule has 0 aliphatic heterocycles. The van der Waals surface area contributed by atoms with Gasteiger partial charge in [-0.2, -0.15) is 0 Å². The average Bonchev–Trinajstić information content (AvgIpc) is 2.55. The van der Waals surface area contributed by atoms with Crippen molar-refractivity contribution >= 4 is 18.0 Å². The number of esters is 1. The molecule has 1 aliphatic rings. The van der Waals surface area contributed by atoms with Crippen LogP contribution in [-0.2, 0) is 9.59 Å². The maximum atomic E-state index is 12.1. The van der Waals surface area contributed by atoms with Gasteiger partial charge in [-0.25, -0.2) is 0 Å². The van der Waals surface area contributed by atoms with Crippen LogP contribution < -0.4 is 14.8 Å². The van der Waals surface area contributed by atoms with E-state index in [0.717, 1.165) is 31.2 Å². The summed E-state index contributed by atoms with van der Waals surface area (Å²) >= 11 is 0. The molecule has 0 heterocycles. The lowest BCUT2D eigenvalue weighted by atomic mass is 9.75. The second-order valence-electron chi connectivity index (χ2n) is 7.28. The van der Waals surface area contributed by atoms with E-state index in [0.29, 0.717) is 16.9 Å². The molecule has 1 fully saturated rings. The lowest BCUT2D eigenvalue weighted by Gasteiger charge is -2.34. The molecule has 1 saturated carbocycles. The maximum absolute atomic E-state index is 12.1. The number of benzene rings is 1. The third-order valence-corrected chi connectivity index (χ3v) is 4.55. The van der Waals surface area contributed by atoms with Crippen LogP contribution in [0.2, 0.25) is 0 Å². The molecule has 0 spiro atoms. The summed E-state index contributed by atoms with van der Waals surface area (Å²) < 4.78 is 10.3. The van der Waals surface area contributed by atoms with Gasteiger partial charge >= 0.3 is 5.97 Å². The molecule has 136 valence electrons. The van der Waals surface area contributed by atoms with Gasteiger partial charge in [0.15, 0.2) is 11.5 Å². The number of carbonyl (C=O) groups is 2. The zero-order chi connectivity index (χ0) is 18.4. The molecule has 0 saturated heterocycles. The monoisotopic (exact) mass is 345 g/mol. The number of hydrogen-bond acceptors (Lipinski definition) is 4. The Balaban J connectivity index is 1.94. The fraction of sp³-hybridized carbons (Fsp3) is 0.500. The zero-order valence-corrected chi connectivity index (χ0v) is 15.4. The predicted octanol–water partition coefficient (Wildman–Crippen LogP) is 3.72. The van der Waals surface area contributed by atoms with Gasteiger partial charge in [-0.05, 0) is 54.9 Å². The van der Waals surface area contributed by atoms with Gasteiger partial charge in [-0.1, -0.05) is 19.9 Å². The number of amides is 1. The van der Waals surface area contributed by atoms with E-state index >= 15 is 0 Å². The topological polar surface area (TPSA) is 64.6 Å². The van der Waals surface area contributed by atoms with Gasteiger partial charge in [0, 0.05) is 19.0 Å². The van der Waals surface area contributed by atoms with Gasteiger partial charge in [0.2, 0.25) is 5.91 Å². The molecule has 0 radical (unpaired) electrons. The van der Waals surface area contributed by atoms with Crippen molar-refractivity contribution in [1.82, 2.24) is 5.32 Å². The number of methoxy groups -OCH3 is 1. The van der Waals surface area contributed by atoms with E-state index in [1.807, 2.05) is 0 Å². The SMILES string of the molecule is COc1cc(/C=C/C(=O)NC2CCC(C)(C)CC2)ccc1OC(C)=O. The van der Waals surface area contributed by atoms with Crippen molar-refractivity contribution < 1.29 is 19.1 Å². The first-order valence-corrected chi connectivity index (χ1v) is 8.64. The molecule has 0 atom stereocenters. The van der Waals surface area contributed by atoms with Crippen LogP contribution in [0.3, 0.4) is 0 Å². The number of nitrogens with one attached hydrogen (secondary N) is 1. The van der Waals surface area contributed by atoms with E-state index in [1.54, 1.807) is 24.3 Å². The van der Waals surface area contributed by atoms with Gasteiger partial charge in [-0.3, -0.25) is 9.59 Å². The smallest absolute Gasteiger partial charge is 0.308 e. The van der Waals surface area contributed by atoms with Crippen molar-refractivity contribution in [1.29, 1.82) is 0 Å². The Morgan fingerprint density at radius 2 is 1.88 bits per heavy atom. The summed E-state index contributed by atoms with van der Waals surface area (Å²) in [6.07, 6.45) is 7.57. The Bertz CT molecular complexity index is 654. The third-order valence-electron chi connectivity index (χ3n) is 4.55. The highest BCUT2D eigenvalue weighted by Crippen LogP contribution is 2.35. The molecule has 0 unspecified atom stereocenters. The van der Waals surface area contributed by atoms with Crippen LogP contribution in [0.4, 0.5) is 0 Å². The average molecular weight is 345 g/mol. The minimum absolute atomic E-state index is 0.0901. The van der Waals surface area contributed by atoms with Gasteiger partial charge in [0.05, 0.1) is 7.11 Å². The lowest BCUT2D eigenvalue weighted by Crippen LogP contribution is -2.38. The van der Waals surface area contributed by atoms with Crippen molar-refractivity contribution in [3.63, 3.8) is 0 Å². The van der Waals surface area contributed by atoms with Crippen molar-refractivity contribution in [3.8, 4) is 11.5 Å². The van der Waals surface area contributed by atoms with E-state index < -0.39 is 5.97 Å². The number of ether oxygens (including phenoxy) is 2. The van der Waals surface area contributed by atoms with E-state index in [1.165, 1.54) is 20.1 Å². The second kappa shape index (κ2) is 8.19. The molecule has 1 N–H and O–H groups in total. The summed E-state index contributed by atoms with van der Waals surface area (Å²) in [5.74, 6) is 0.318. The molecular weight excluding hydrogens is 318 g/mol. The molecule has 1 aromatic rings. The Labute approximate surface area is 149 Å². The highest BCUT2D eigenvalue weighted by molar-refractivity contribution is 5.92. The Hall–Kier alpha value is -2.30. The summed E-state index contributed by atoms with van der Waals surface area (Å²) in [7, 11) is 1.51. The molecule has 5 heteroatoms. The normalized spacial score (nSPS) is 17.3. The molecule has 0 bridgehead atoms. The van der Waals surface area contributed by atoms with Crippen LogP contribution in [0.25, 0.3) is 6.08 Å². The minimum Gasteiger partial charge on any atom is -0.493 e. The van der Waals surface area contributed by atoms with Crippen molar-refractivity contribution in [3.05, 3.63) is 29.8 Å². The molecule has 1 amide bonds. The van der Waals surface area contributed by atoms with Gasteiger partial charge in [-0.15, -0.1) is 0 Å². The van der Waals surface area contributed by atoms with Crippen molar-refractivity contribution in [2.45, 2.75) is 52.5 Å². The Kier molecular flexibility index (Phi) is 6.23.